The van der Waals surface area contributed by atoms with Crippen molar-refractivity contribution in [3.8, 4) is 0 Å². The Morgan fingerprint density at radius 2 is 2.32 bits per heavy atom. The van der Waals surface area contributed by atoms with Gasteiger partial charge in [-0.05, 0) is 37.8 Å². The van der Waals surface area contributed by atoms with Crippen molar-refractivity contribution in [3.05, 3.63) is 24.0 Å². The summed E-state index contributed by atoms with van der Waals surface area (Å²) in [6, 6.07) is 4.10. The maximum atomic E-state index is 4.99. The largest absolute Gasteiger partial charge is 0.334 e. The molecule has 0 bridgehead atoms. The van der Waals surface area contributed by atoms with Crippen LogP contribution in [0.25, 0.3) is 0 Å². The molecule has 3 nitrogen and oxygen atoms in total. The van der Waals surface area contributed by atoms with Crippen LogP contribution in [0.1, 0.15) is 38.3 Å². The molecule has 3 rings (SSSR count). The second kappa shape index (κ2) is 5.16. The van der Waals surface area contributed by atoms with Crippen LogP contribution >= 0.6 is 11.8 Å². The van der Waals surface area contributed by atoms with Gasteiger partial charge in [0.25, 0.3) is 0 Å². The Labute approximate surface area is 119 Å². The molecule has 2 aliphatic rings. The van der Waals surface area contributed by atoms with Gasteiger partial charge in [-0.15, -0.1) is 0 Å². The molecule has 1 saturated carbocycles. The molecule has 0 radical (unpaired) electrons. The lowest BCUT2D eigenvalue weighted by molar-refractivity contribution is 0.266. The summed E-state index contributed by atoms with van der Waals surface area (Å²) in [7, 11) is 0. The van der Waals surface area contributed by atoms with Gasteiger partial charge in [0.2, 0.25) is 0 Å². The molecular weight excluding hydrogens is 254 g/mol. The van der Waals surface area contributed by atoms with Gasteiger partial charge in [-0.25, -0.2) is 0 Å². The van der Waals surface area contributed by atoms with Crippen molar-refractivity contribution in [2.75, 3.05) is 11.1 Å². The van der Waals surface area contributed by atoms with Crippen LogP contribution in [0.2, 0.25) is 0 Å². The number of aliphatic imine (C=N–C) groups is 1. The van der Waals surface area contributed by atoms with Crippen molar-refractivity contribution in [3.63, 3.8) is 0 Å². The molecule has 1 N–H and O–H groups in total. The first-order valence-electron chi connectivity index (χ1n) is 7.08. The summed E-state index contributed by atoms with van der Waals surface area (Å²) in [6.45, 7) is 4.36. The predicted molar refractivity (Wildman–Crippen MR) is 82.9 cm³/mol. The Balaban J connectivity index is 1.71. The molecule has 1 aromatic heterocycles. The van der Waals surface area contributed by atoms with Crippen LogP contribution in [-0.2, 0) is 0 Å². The summed E-state index contributed by atoms with van der Waals surface area (Å²) >= 11 is 1.86. The van der Waals surface area contributed by atoms with Crippen LogP contribution in [0.3, 0.4) is 0 Å². The number of aryl methyl sites for hydroxylation is 1. The van der Waals surface area contributed by atoms with E-state index in [1.807, 2.05) is 30.9 Å². The lowest BCUT2D eigenvalue weighted by atomic mass is 9.78. The fourth-order valence-corrected chi connectivity index (χ4v) is 4.26. The molecule has 1 aliphatic carbocycles. The number of thioether (sulfide) groups is 1. The molecule has 2 atom stereocenters. The van der Waals surface area contributed by atoms with E-state index in [4.69, 9.17) is 4.99 Å². The Bertz CT molecular complexity index is 483. The van der Waals surface area contributed by atoms with E-state index in [9.17, 15) is 0 Å². The minimum absolute atomic E-state index is 0.211. The molecule has 2 unspecified atom stereocenters. The second-order valence-corrected chi connectivity index (χ2v) is 6.91. The van der Waals surface area contributed by atoms with E-state index in [0.29, 0.717) is 0 Å². The third kappa shape index (κ3) is 2.94. The zero-order valence-electron chi connectivity index (χ0n) is 11.6. The lowest BCUT2D eigenvalue weighted by Crippen LogP contribution is -2.33. The molecule has 1 aliphatic heterocycles. The highest BCUT2D eigenvalue weighted by Gasteiger charge is 2.39. The summed E-state index contributed by atoms with van der Waals surface area (Å²) < 4.78 is 0. The van der Waals surface area contributed by atoms with Crippen molar-refractivity contribution in [2.24, 2.45) is 10.9 Å². The number of nitrogens with zero attached hydrogens (tertiary/aromatic N) is 2. The first-order chi connectivity index (χ1) is 9.15. The van der Waals surface area contributed by atoms with E-state index in [1.54, 1.807) is 0 Å². The maximum absolute atomic E-state index is 4.99. The van der Waals surface area contributed by atoms with Gasteiger partial charge in [-0.1, -0.05) is 31.5 Å². The minimum Gasteiger partial charge on any atom is -0.334 e. The fourth-order valence-electron chi connectivity index (χ4n) is 3.08. The number of amidine groups is 1. The van der Waals surface area contributed by atoms with Gasteiger partial charge in [0, 0.05) is 11.4 Å². The van der Waals surface area contributed by atoms with Gasteiger partial charge in [-0.2, -0.15) is 0 Å². The average molecular weight is 275 g/mol. The highest BCUT2D eigenvalue weighted by molar-refractivity contribution is 8.14. The molecule has 4 heteroatoms. The molecular formula is C15H21N3S. The molecule has 0 amide bonds. The number of pyridine rings is 1. The van der Waals surface area contributed by atoms with Crippen LogP contribution in [-0.4, -0.2) is 21.4 Å². The van der Waals surface area contributed by atoms with E-state index >= 15 is 0 Å². The SMILES string of the molecule is Cc1ccc(NC2=NC3(CCCC(C)C3)CS2)cn1. The fraction of sp³-hybridized carbons (Fsp3) is 0.600. The molecule has 19 heavy (non-hydrogen) atoms. The van der Waals surface area contributed by atoms with Gasteiger partial charge in [-0.3, -0.25) is 9.98 Å². The normalized spacial score (nSPS) is 30.4. The lowest BCUT2D eigenvalue weighted by Gasteiger charge is -2.33. The third-order valence-corrected chi connectivity index (χ3v) is 5.19. The first kappa shape index (κ1) is 13.0. The zero-order valence-corrected chi connectivity index (χ0v) is 12.5. The Morgan fingerprint density at radius 1 is 1.42 bits per heavy atom. The Kier molecular flexibility index (Phi) is 3.52. The van der Waals surface area contributed by atoms with E-state index in [1.165, 1.54) is 25.7 Å². The predicted octanol–water partition coefficient (Wildman–Crippen LogP) is 3.85. The molecule has 102 valence electrons. The summed E-state index contributed by atoms with van der Waals surface area (Å²) in [5.41, 5.74) is 2.30. The highest BCUT2D eigenvalue weighted by Crippen LogP contribution is 2.42. The van der Waals surface area contributed by atoms with Crippen LogP contribution in [0.15, 0.2) is 23.3 Å². The standard InChI is InChI=1S/C15H21N3S/c1-11-4-3-7-15(8-11)10-19-14(18-15)17-13-6-5-12(2)16-9-13/h5-6,9,11H,3-4,7-8,10H2,1-2H3,(H,17,18). The average Bonchev–Trinajstić information content (AvgIpc) is 2.75. The van der Waals surface area contributed by atoms with E-state index < -0.39 is 0 Å². The van der Waals surface area contributed by atoms with Crippen molar-refractivity contribution in [1.82, 2.24) is 4.98 Å². The van der Waals surface area contributed by atoms with Crippen LogP contribution in [0.4, 0.5) is 5.69 Å². The number of anilines is 1. The highest BCUT2D eigenvalue weighted by atomic mass is 32.2. The van der Waals surface area contributed by atoms with E-state index in [2.05, 4.69) is 23.3 Å². The van der Waals surface area contributed by atoms with Crippen molar-refractivity contribution < 1.29 is 0 Å². The maximum Gasteiger partial charge on any atom is 0.161 e. The number of hydrogen-bond acceptors (Lipinski definition) is 4. The number of hydrogen-bond donors (Lipinski definition) is 1. The van der Waals surface area contributed by atoms with Gasteiger partial charge in [0.1, 0.15) is 0 Å². The van der Waals surface area contributed by atoms with Crippen molar-refractivity contribution >= 4 is 22.6 Å². The first-order valence-corrected chi connectivity index (χ1v) is 8.06. The molecule has 0 aromatic carbocycles. The van der Waals surface area contributed by atoms with Crippen molar-refractivity contribution in [2.45, 2.75) is 45.1 Å². The van der Waals surface area contributed by atoms with Gasteiger partial charge < -0.3 is 5.32 Å². The molecule has 1 fully saturated rings. The van der Waals surface area contributed by atoms with Crippen LogP contribution in [0.5, 0.6) is 0 Å². The summed E-state index contributed by atoms with van der Waals surface area (Å²) in [5, 5.41) is 4.47. The van der Waals surface area contributed by atoms with E-state index in [-0.39, 0.29) is 5.54 Å². The Morgan fingerprint density at radius 3 is 3.05 bits per heavy atom. The number of aromatic nitrogens is 1. The minimum atomic E-state index is 0.211. The molecule has 2 heterocycles. The van der Waals surface area contributed by atoms with Gasteiger partial charge in [0.05, 0.1) is 17.4 Å². The summed E-state index contributed by atoms with van der Waals surface area (Å²) in [5.74, 6) is 1.96. The monoisotopic (exact) mass is 275 g/mol. The van der Waals surface area contributed by atoms with Crippen LogP contribution in [0, 0.1) is 12.8 Å². The van der Waals surface area contributed by atoms with Crippen molar-refractivity contribution in [1.29, 1.82) is 0 Å². The molecule has 0 saturated heterocycles. The summed E-state index contributed by atoms with van der Waals surface area (Å²) in [4.78, 5) is 9.30. The van der Waals surface area contributed by atoms with Gasteiger partial charge >= 0.3 is 0 Å². The smallest absolute Gasteiger partial charge is 0.161 e. The quantitative estimate of drug-likeness (QED) is 0.845. The second-order valence-electron chi connectivity index (χ2n) is 5.94. The van der Waals surface area contributed by atoms with E-state index in [0.717, 1.165) is 28.2 Å². The topological polar surface area (TPSA) is 37.3 Å². The molecule has 1 spiro atoms. The van der Waals surface area contributed by atoms with Gasteiger partial charge in [0.15, 0.2) is 5.17 Å². The third-order valence-electron chi connectivity index (χ3n) is 4.05. The number of nitrogens with one attached hydrogen (secondary N) is 1. The molecule has 1 aromatic rings. The summed E-state index contributed by atoms with van der Waals surface area (Å²) in [6.07, 6.45) is 7.07. The Hall–Kier alpha value is -1.03. The zero-order chi connectivity index (χ0) is 13.3. The van der Waals surface area contributed by atoms with Crippen LogP contribution < -0.4 is 5.32 Å². The number of rotatable bonds is 1.